The van der Waals surface area contributed by atoms with Crippen molar-refractivity contribution in [3.8, 4) is 5.75 Å². The van der Waals surface area contributed by atoms with Crippen LogP contribution < -0.4 is 10.1 Å². The van der Waals surface area contributed by atoms with E-state index < -0.39 is 0 Å². The zero-order valence-electron chi connectivity index (χ0n) is 13.0. The Morgan fingerprint density at radius 3 is 2.90 bits per heavy atom. The van der Waals surface area contributed by atoms with Crippen molar-refractivity contribution in [2.45, 2.75) is 32.9 Å². The van der Waals surface area contributed by atoms with Gasteiger partial charge in [0.05, 0.1) is 19.8 Å². The maximum Gasteiger partial charge on any atom is 0.119 e. The Balaban J connectivity index is 1.88. The second-order valence-electron chi connectivity index (χ2n) is 5.64. The number of anilines is 1. The van der Waals surface area contributed by atoms with Gasteiger partial charge in [0.2, 0.25) is 0 Å². The van der Waals surface area contributed by atoms with Crippen molar-refractivity contribution >= 4 is 5.69 Å². The van der Waals surface area contributed by atoms with Gasteiger partial charge < -0.3 is 14.8 Å². The predicted molar refractivity (Wildman–Crippen MR) is 82.7 cm³/mol. The fourth-order valence-corrected chi connectivity index (χ4v) is 2.52. The Labute approximate surface area is 122 Å². The van der Waals surface area contributed by atoms with Gasteiger partial charge in [-0.3, -0.25) is 4.90 Å². The van der Waals surface area contributed by atoms with Gasteiger partial charge in [-0.1, -0.05) is 0 Å². The summed E-state index contributed by atoms with van der Waals surface area (Å²) in [7, 11) is 1.69. The Morgan fingerprint density at radius 2 is 2.25 bits per heavy atom. The summed E-state index contributed by atoms with van der Waals surface area (Å²) in [6, 6.07) is 6.68. The first-order valence-corrected chi connectivity index (χ1v) is 7.34. The first kappa shape index (κ1) is 15.1. The molecule has 1 aromatic rings. The van der Waals surface area contributed by atoms with Gasteiger partial charge in [-0.05, 0) is 44.5 Å². The van der Waals surface area contributed by atoms with Gasteiger partial charge in [0.1, 0.15) is 5.75 Å². The van der Waals surface area contributed by atoms with E-state index in [-0.39, 0.29) is 6.10 Å². The number of rotatable bonds is 5. The third-order valence-corrected chi connectivity index (χ3v) is 3.85. The normalized spacial score (nSPS) is 20.1. The number of benzene rings is 1. The van der Waals surface area contributed by atoms with Crippen LogP contribution in [0.15, 0.2) is 18.2 Å². The first-order valence-electron chi connectivity index (χ1n) is 7.34. The zero-order chi connectivity index (χ0) is 14.5. The average molecular weight is 278 g/mol. The summed E-state index contributed by atoms with van der Waals surface area (Å²) in [6.45, 7) is 10.3. The van der Waals surface area contributed by atoms with Crippen LogP contribution in [-0.2, 0) is 4.74 Å². The minimum atomic E-state index is 0.257. The molecule has 0 radical (unpaired) electrons. The zero-order valence-corrected chi connectivity index (χ0v) is 13.0. The number of methoxy groups -OCH3 is 1. The fourth-order valence-electron chi connectivity index (χ4n) is 2.52. The Morgan fingerprint density at radius 1 is 1.45 bits per heavy atom. The van der Waals surface area contributed by atoms with E-state index >= 15 is 0 Å². The number of hydrogen-bond acceptors (Lipinski definition) is 4. The fraction of sp³-hybridized carbons (Fsp3) is 0.625. The highest BCUT2D eigenvalue weighted by Gasteiger charge is 2.21. The minimum absolute atomic E-state index is 0.257. The number of aryl methyl sites for hydroxylation is 1. The molecule has 1 saturated heterocycles. The molecule has 4 heteroatoms. The average Bonchev–Trinajstić information content (AvgIpc) is 2.46. The molecule has 1 aliphatic heterocycles. The van der Waals surface area contributed by atoms with E-state index in [1.165, 1.54) is 5.56 Å². The lowest BCUT2D eigenvalue weighted by atomic mass is 10.1. The van der Waals surface area contributed by atoms with Crippen LogP contribution in [0.2, 0.25) is 0 Å². The quantitative estimate of drug-likeness (QED) is 0.897. The molecule has 1 N–H and O–H groups in total. The van der Waals surface area contributed by atoms with Crippen molar-refractivity contribution in [1.29, 1.82) is 0 Å². The highest BCUT2D eigenvalue weighted by molar-refractivity contribution is 5.53. The van der Waals surface area contributed by atoms with Crippen molar-refractivity contribution in [3.05, 3.63) is 23.8 Å². The predicted octanol–water partition coefficient (Wildman–Crippen LogP) is 2.52. The van der Waals surface area contributed by atoms with Gasteiger partial charge in [-0.2, -0.15) is 0 Å². The molecule has 0 spiro atoms. The van der Waals surface area contributed by atoms with Crippen LogP contribution in [0, 0.1) is 6.92 Å². The second-order valence-corrected chi connectivity index (χ2v) is 5.64. The molecule has 1 aliphatic rings. The SMILES string of the molecule is COc1ccc(NCC2CN(C(C)C)CCO2)c(C)c1. The summed E-state index contributed by atoms with van der Waals surface area (Å²) < 4.78 is 11.1. The van der Waals surface area contributed by atoms with Crippen LogP contribution in [0.25, 0.3) is 0 Å². The van der Waals surface area contributed by atoms with Gasteiger partial charge in [-0.15, -0.1) is 0 Å². The van der Waals surface area contributed by atoms with Crippen molar-refractivity contribution in [1.82, 2.24) is 4.90 Å². The van der Waals surface area contributed by atoms with Gasteiger partial charge >= 0.3 is 0 Å². The lowest BCUT2D eigenvalue weighted by Gasteiger charge is -2.35. The Hall–Kier alpha value is -1.26. The van der Waals surface area contributed by atoms with E-state index in [2.05, 4.69) is 37.1 Å². The lowest BCUT2D eigenvalue weighted by Crippen LogP contribution is -2.48. The van der Waals surface area contributed by atoms with Crippen molar-refractivity contribution in [2.75, 3.05) is 38.7 Å². The molecule has 0 amide bonds. The van der Waals surface area contributed by atoms with E-state index in [0.29, 0.717) is 6.04 Å². The summed E-state index contributed by atoms with van der Waals surface area (Å²) in [6.07, 6.45) is 0.257. The van der Waals surface area contributed by atoms with Crippen LogP contribution >= 0.6 is 0 Å². The molecule has 1 heterocycles. The Bertz CT molecular complexity index is 434. The first-order chi connectivity index (χ1) is 9.60. The molecular weight excluding hydrogens is 252 g/mol. The van der Waals surface area contributed by atoms with Gasteiger partial charge in [0.15, 0.2) is 0 Å². The summed E-state index contributed by atoms with van der Waals surface area (Å²) in [5.41, 5.74) is 2.34. The molecule has 4 nitrogen and oxygen atoms in total. The van der Waals surface area contributed by atoms with Crippen molar-refractivity contribution in [2.24, 2.45) is 0 Å². The van der Waals surface area contributed by atoms with Crippen molar-refractivity contribution in [3.63, 3.8) is 0 Å². The maximum atomic E-state index is 5.84. The van der Waals surface area contributed by atoms with E-state index in [1.807, 2.05) is 12.1 Å². The third kappa shape index (κ3) is 3.87. The van der Waals surface area contributed by atoms with Gasteiger partial charge in [-0.25, -0.2) is 0 Å². The molecule has 1 fully saturated rings. The summed E-state index contributed by atoms with van der Waals surface area (Å²) >= 11 is 0. The minimum Gasteiger partial charge on any atom is -0.497 e. The summed E-state index contributed by atoms with van der Waals surface area (Å²) in [4.78, 5) is 2.47. The van der Waals surface area contributed by atoms with E-state index in [9.17, 15) is 0 Å². The van der Waals surface area contributed by atoms with E-state index in [0.717, 1.165) is 37.7 Å². The van der Waals surface area contributed by atoms with Crippen LogP contribution in [0.4, 0.5) is 5.69 Å². The van der Waals surface area contributed by atoms with E-state index in [1.54, 1.807) is 7.11 Å². The molecule has 1 atom stereocenters. The molecule has 0 aliphatic carbocycles. The standard InChI is InChI=1S/C16H26N2O2/c1-12(2)18-7-8-20-15(11-18)10-17-16-6-5-14(19-4)9-13(16)3/h5-6,9,12,15,17H,7-8,10-11H2,1-4H3. The van der Waals surface area contributed by atoms with Crippen molar-refractivity contribution < 1.29 is 9.47 Å². The van der Waals surface area contributed by atoms with Crippen LogP contribution in [0.3, 0.4) is 0 Å². The molecule has 2 rings (SSSR count). The summed E-state index contributed by atoms with van der Waals surface area (Å²) in [5.74, 6) is 0.896. The largest absolute Gasteiger partial charge is 0.497 e. The molecule has 0 saturated carbocycles. The number of nitrogens with one attached hydrogen (secondary N) is 1. The smallest absolute Gasteiger partial charge is 0.119 e. The maximum absolute atomic E-state index is 5.84. The molecule has 1 aromatic carbocycles. The second kappa shape index (κ2) is 6.95. The highest BCUT2D eigenvalue weighted by Crippen LogP contribution is 2.21. The Kier molecular flexibility index (Phi) is 5.26. The number of nitrogens with zero attached hydrogens (tertiary/aromatic N) is 1. The van der Waals surface area contributed by atoms with E-state index in [4.69, 9.17) is 9.47 Å². The molecule has 1 unspecified atom stereocenters. The molecule has 112 valence electrons. The van der Waals surface area contributed by atoms with Gasteiger partial charge in [0, 0.05) is 31.4 Å². The summed E-state index contributed by atoms with van der Waals surface area (Å²) in [5, 5.41) is 3.49. The molecule has 0 bridgehead atoms. The van der Waals surface area contributed by atoms with Crippen LogP contribution in [-0.4, -0.2) is 50.4 Å². The van der Waals surface area contributed by atoms with Crippen LogP contribution in [0.5, 0.6) is 5.75 Å². The number of hydrogen-bond donors (Lipinski definition) is 1. The number of morpholine rings is 1. The highest BCUT2D eigenvalue weighted by atomic mass is 16.5. The molecule has 0 aromatic heterocycles. The lowest BCUT2D eigenvalue weighted by molar-refractivity contribution is -0.0315. The monoisotopic (exact) mass is 278 g/mol. The molecular formula is C16H26N2O2. The molecule has 20 heavy (non-hydrogen) atoms. The topological polar surface area (TPSA) is 33.7 Å². The van der Waals surface area contributed by atoms with Gasteiger partial charge in [0.25, 0.3) is 0 Å². The third-order valence-electron chi connectivity index (χ3n) is 3.85. The van der Waals surface area contributed by atoms with Crippen LogP contribution in [0.1, 0.15) is 19.4 Å². The number of ether oxygens (including phenoxy) is 2.